The van der Waals surface area contributed by atoms with Crippen molar-refractivity contribution in [2.24, 2.45) is 0 Å². The molecule has 0 unspecified atom stereocenters. The van der Waals surface area contributed by atoms with E-state index in [1.54, 1.807) is 36.7 Å². The largest absolute Gasteiger partial charge is 0.467 e. The van der Waals surface area contributed by atoms with Crippen molar-refractivity contribution in [1.29, 1.82) is 0 Å². The molecule has 0 aromatic carbocycles. The van der Waals surface area contributed by atoms with Crippen LogP contribution in [-0.2, 0) is 16.1 Å². The van der Waals surface area contributed by atoms with E-state index in [4.69, 9.17) is 26.4 Å². The first-order valence-electron chi connectivity index (χ1n) is 11.0. The second-order valence-electron chi connectivity index (χ2n) is 8.11. The molecule has 0 bridgehead atoms. The van der Waals surface area contributed by atoms with Crippen LogP contribution in [0.15, 0.2) is 50.8 Å². The summed E-state index contributed by atoms with van der Waals surface area (Å²) in [6, 6.07) is 7.25. The third kappa shape index (κ3) is 5.24. The summed E-state index contributed by atoms with van der Waals surface area (Å²) in [4.78, 5) is 33.1. The molecular weight excluding hydrogens is 472 g/mol. The lowest BCUT2D eigenvalue weighted by Crippen LogP contribution is -2.27. The van der Waals surface area contributed by atoms with Crippen molar-refractivity contribution in [3.05, 3.63) is 68.9 Å². The van der Waals surface area contributed by atoms with Crippen molar-refractivity contribution in [2.45, 2.75) is 39.8 Å². The molecule has 178 valence electrons. The number of aromatic nitrogens is 2. The molecule has 1 N–H and O–H groups in total. The van der Waals surface area contributed by atoms with Crippen LogP contribution in [0.2, 0.25) is 0 Å². The summed E-state index contributed by atoms with van der Waals surface area (Å²) in [6.45, 7) is 7.29. The molecule has 1 saturated heterocycles. The van der Waals surface area contributed by atoms with Crippen molar-refractivity contribution in [3.63, 3.8) is 0 Å². The van der Waals surface area contributed by atoms with Gasteiger partial charge in [-0.2, -0.15) is 0 Å². The van der Waals surface area contributed by atoms with E-state index in [0.717, 1.165) is 23.7 Å². The number of thiocarbonyl (C=S) groups is 1. The van der Waals surface area contributed by atoms with Gasteiger partial charge in [0.15, 0.2) is 0 Å². The molecule has 1 aliphatic heterocycles. The van der Waals surface area contributed by atoms with Gasteiger partial charge in [0.25, 0.3) is 11.5 Å². The van der Waals surface area contributed by atoms with Gasteiger partial charge < -0.3 is 14.5 Å². The standard InChI is InChI=1S/C24H26N4O4S2/c1-15(2)31-12-6-9-25-20-18(22(29)27-10-4-7-16(3)21(27)26-20)13-19-23(30)28(24(33)34-19)14-17-8-5-11-32-17/h4-5,7-8,10-11,13,15,25H,6,9,12,14H2,1-3H3. The molecular formula is C24H26N4O4S2. The molecule has 1 aliphatic rings. The predicted octanol–water partition coefficient (Wildman–Crippen LogP) is 4.22. The van der Waals surface area contributed by atoms with Crippen LogP contribution >= 0.6 is 24.0 Å². The highest BCUT2D eigenvalue weighted by molar-refractivity contribution is 8.26. The first-order valence-corrected chi connectivity index (χ1v) is 12.2. The Bertz CT molecular complexity index is 1300. The van der Waals surface area contributed by atoms with E-state index in [0.29, 0.717) is 45.2 Å². The number of furan rings is 1. The van der Waals surface area contributed by atoms with E-state index in [-0.39, 0.29) is 24.1 Å². The fourth-order valence-corrected chi connectivity index (χ4v) is 4.74. The summed E-state index contributed by atoms with van der Waals surface area (Å²) in [6.07, 6.45) is 5.72. The SMILES string of the molecule is Cc1cccn2c(=O)c(C=C3SC(=S)N(Cc4ccco4)C3=O)c(NCCCOC(C)C)nc12. The molecule has 0 atom stereocenters. The smallest absolute Gasteiger partial charge is 0.267 e. The third-order valence-corrected chi connectivity index (χ3v) is 6.57. The number of nitrogens with one attached hydrogen (secondary N) is 1. The number of nitrogens with zero attached hydrogens (tertiary/aromatic N) is 3. The number of amides is 1. The number of ether oxygens (including phenoxy) is 1. The van der Waals surface area contributed by atoms with Crippen LogP contribution in [0.1, 0.15) is 37.2 Å². The summed E-state index contributed by atoms with van der Waals surface area (Å²) in [5.74, 6) is 0.794. The molecule has 4 rings (SSSR count). The van der Waals surface area contributed by atoms with Gasteiger partial charge in [0.2, 0.25) is 0 Å². The molecule has 8 nitrogen and oxygen atoms in total. The molecule has 4 heterocycles. The number of rotatable bonds is 9. The van der Waals surface area contributed by atoms with Crippen LogP contribution in [0.5, 0.6) is 0 Å². The number of carbonyl (C=O) groups excluding carboxylic acids is 1. The Morgan fingerprint density at radius 1 is 1.29 bits per heavy atom. The van der Waals surface area contributed by atoms with Crippen LogP contribution < -0.4 is 10.9 Å². The van der Waals surface area contributed by atoms with Crippen LogP contribution in [-0.4, -0.2) is 43.8 Å². The van der Waals surface area contributed by atoms with Crippen LogP contribution in [0.4, 0.5) is 5.82 Å². The minimum atomic E-state index is -0.267. The number of anilines is 1. The van der Waals surface area contributed by atoms with Crippen LogP contribution in [0.3, 0.4) is 0 Å². The molecule has 10 heteroatoms. The summed E-state index contributed by atoms with van der Waals surface area (Å²) < 4.78 is 12.9. The highest BCUT2D eigenvalue weighted by Gasteiger charge is 2.33. The summed E-state index contributed by atoms with van der Waals surface area (Å²) in [7, 11) is 0. The van der Waals surface area contributed by atoms with Crippen molar-refractivity contribution >= 4 is 51.7 Å². The van der Waals surface area contributed by atoms with E-state index in [1.165, 1.54) is 9.30 Å². The number of hydrogen-bond donors (Lipinski definition) is 1. The Hall–Kier alpha value is -2.95. The molecule has 0 saturated carbocycles. The van der Waals surface area contributed by atoms with Gasteiger partial charge in [-0.3, -0.25) is 18.9 Å². The molecule has 1 fully saturated rings. The topological polar surface area (TPSA) is 89.1 Å². The lowest BCUT2D eigenvalue weighted by atomic mass is 10.2. The minimum Gasteiger partial charge on any atom is -0.467 e. The Morgan fingerprint density at radius 2 is 2.12 bits per heavy atom. The van der Waals surface area contributed by atoms with Gasteiger partial charge in [-0.1, -0.05) is 30.0 Å². The molecule has 0 radical (unpaired) electrons. The number of thioether (sulfide) groups is 1. The number of hydrogen-bond acceptors (Lipinski definition) is 8. The highest BCUT2D eigenvalue weighted by atomic mass is 32.2. The Morgan fingerprint density at radius 3 is 2.85 bits per heavy atom. The maximum Gasteiger partial charge on any atom is 0.267 e. The first-order chi connectivity index (χ1) is 16.3. The van der Waals surface area contributed by atoms with Gasteiger partial charge in [-0.05, 0) is 57.0 Å². The zero-order chi connectivity index (χ0) is 24.2. The van der Waals surface area contributed by atoms with Gasteiger partial charge in [-0.25, -0.2) is 4.98 Å². The second kappa shape index (κ2) is 10.5. The fourth-order valence-electron chi connectivity index (χ4n) is 3.50. The normalized spacial score (nSPS) is 15.3. The lowest BCUT2D eigenvalue weighted by molar-refractivity contribution is -0.122. The molecule has 0 aliphatic carbocycles. The molecule has 1 amide bonds. The number of carbonyl (C=O) groups is 1. The van der Waals surface area contributed by atoms with E-state index in [9.17, 15) is 9.59 Å². The van der Waals surface area contributed by atoms with Gasteiger partial charge >= 0.3 is 0 Å². The number of fused-ring (bicyclic) bond motifs is 1. The highest BCUT2D eigenvalue weighted by Crippen LogP contribution is 2.34. The average Bonchev–Trinajstić information content (AvgIpc) is 3.40. The average molecular weight is 499 g/mol. The summed E-state index contributed by atoms with van der Waals surface area (Å²) >= 11 is 6.58. The maximum atomic E-state index is 13.4. The minimum absolute atomic E-state index is 0.157. The summed E-state index contributed by atoms with van der Waals surface area (Å²) in [5, 5.41) is 3.26. The van der Waals surface area contributed by atoms with Gasteiger partial charge in [-0.15, -0.1) is 0 Å². The van der Waals surface area contributed by atoms with E-state index in [2.05, 4.69) is 5.32 Å². The van der Waals surface area contributed by atoms with E-state index >= 15 is 0 Å². The molecule has 0 spiro atoms. The quantitative estimate of drug-likeness (QED) is 0.266. The zero-order valence-electron chi connectivity index (χ0n) is 19.2. The predicted molar refractivity (Wildman–Crippen MR) is 138 cm³/mol. The molecule has 3 aromatic heterocycles. The molecule has 3 aromatic rings. The van der Waals surface area contributed by atoms with Crippen LogP contribution in [0, 0.1) is 6.92 Å². The van der Waals surface area contributed by atoms with Crippen molar-refractivity contribution < 1.29 is 13.9 Å². The van der Waals surface area contributed by atoms with Gasteiger partial charge in [0.1, 0.15) is 21.5 Å². The Labute approximate surface area is 207 Å². The maximum absolute atomic E-state index is 13.4. The summed E-state index contributed by atoms with van der Waals surface area (Å²) in [5.41, 5.74) is 1.50. The number of pyridine rings is 1. The van der Waals surface area contributed by atoms with Crippen molar-refractivity contribution in [1.82, 2.24) is 14.3 Å². The van der Waals surface area contributed by atoms with Crippen molar-refractivity contribution in [2.75, 3.05) is 18.5 Å². The van der Waals surface area contributed by atoms with E-state index < -0.39 is 0 Å². The zero-order valence-corrected chi connectivity index (χ0v) is 20.9. The second-order valence-corrected chi connectivity index (χ2v) is 9.79. The van der Waals surface area contributed by atoms with E-state index in [1.807, 2.05) is 26.8 Å². The number of aryl methyl sites for hydroxylation is 1. The van der Waals surface area contributed by atoms with Gasteiger partial charge in [0.05, 0.1) is 29.4 Å². The third-order valence-electron chi connectivity index (χ3n) is 5.19. The Kier molecular flexibility index (Phi) is 7.50. The Balaban J connectivity index is 1.66. The van der Waals surface area contributed by atoms with Crippen LogP contribution in [0.25, 0.3) is 11.7 Å². The monoisotopic (exact) mass is 498 g/mol. The lowest BCUT2D eigenvalue weighted by Gasteiger charge is -2.13. The first kappa shape index (κ1) is 24.2. The van der Waals surface area contributed by atoms with Gasteiger partial charge in [0, 0.05) is 19.3 Å². The van der Waals surface area contributed by atoms with Crippen molar-refractivity contribution in [3.8, 4) is 0 Å². The fraction of sp³-hybridized carbons (Fsp3) is 0.333. The molecule has 34 heavy (non-hydrogen) atoms.